The first kappa shape index (κ1) is 69.1. The summed E-state index contributed by atoms with van der Waals surface area (Å²) in [5, 5.41) is 25.2. The van der Waals surface area contributed by atoms with Gasteiger partial charge in [-0.1, -0.05) is 123 Å². The van der Waals surface area contributed by atoms with E-state index in [1.54, 1.807) is 88.0 Å². The number of ketones is 1. The van der Waals surface area contributed by atoms with Crippen LogP contribution in [0.2, 0.25) is 0 Å². The Balaban J connectivity index is 1.71. The molecule has 1 fully saturated rings. The molecule has 21 nitrogen and oxygen atoms in total. The number of likely N-dealkylation sites (tertiary alicyclic amines) is 1. The molecule has 454 valence electrons. The number of rotatable bonds is 33. The average Bonchev–Trinajstić information content (AvgIpc) is 3.99. The van der Waals surface area contributed by atoms with Crippen molar-refractivity contribution >= 4 is 47.4 Å². The van der Waals surface area contributed by atoms with E-state index in [2.05, 4.69) is 26.6 Å². The van der Waals surface area contributed by atoms with Crippen molar-refractivity contribution in [2.75, 3.05) is 48.5 Å². The third kappa shape index (κ3) is 20.1. The topological polar surface area (TPSA) is 280 Å². The molecule has 12 atom stereocenters. The first-order valence-electron chi connectivity index (χ1n) is 28.7. The third-order valence-electron chi connectivity index (χ3n) is 15.8. The Morgan fingerprint density at radius 2 is 1.38 bits per heavy atom. The molecule has 1 unspecified atom stereocenters. The SMILES string of the molecule is CC[C@@H](C)C([C@H](CC(=O)N1CCC[C@@H]1[C@@H](OC)[C@H](C)C(=O)N[C@@H](C)[C@H](O)c1ccccc1)OC)N(C)C(=O)[C@@H](NC(=O)[C@@H](C(C)C)N(C)C(=O)OCc1ccc(CC(=O)[C@@H](CCCNC(N)=O)NC(=O)[C@H](NC)C(C)C)cc1)C(C)C. The fraction of sp³-hybridized carbons (Fsp3) is 0.667. The van der Waals surface area contributed by atoms with Crippen LogP contribution in [0.3, 0.4) is 0 Å². The van der Waals surface area contributed by atoms with Gasteiger partial charge < -0.3 is 61.4 Å². The van der Waals surface area contributed by atoms with E-state index in [-0.39, 0.29) is 67.8 Å². The quantitative estimate of drug-likeness (QED) is 0.0471. The maximum atomic E-state index is 14.7. The molecule has 8 amide bonds. The highest BCUT2D eigenvalue weighted by Crippen LogP contribution is 2.30. The molecule has 1 aliphatic heterocycles. The average molecular weight is 1140 g/mol. The van der Waals surface area contributed by atoms with Gasteiger partial charge in [-0.25, -0.2) is 9.59 Å². The van der Waals surface area contributed by atoms with Crippen LogP contribution in [0.4, 0.5) is 9.59 Å². The zero-order chi connectivity index (χ0) is 60.8. The van der Waals surface area contributed by atoms with Crippen molar-refractivity contribution < 1.29 is 57.7 Å². The fourth-order valence-electron chi connectivity index (χ4n) is 10.9. The van der Waals surface area contributed by atoms with Crippen LogP contribution in [0.25, 0.3) is 0 Å². The van der Waals surface area contributed by atoms with Crippen LogP contribution in [0.15, 0.2) is 54.6 Å². The summed E-state index contributed by atoms with van der Waals surface area (Å²) >= 11 is 0. The van der Waals surface area contributed by atoms with E-state index in [1.807, 2.05) is 59.7 Å². The van der Waals surface area contributed by atoms with Gasteiger partial charge in [-0.15, -0.1) is 0 Å². The highest BCUT2D eigenvalue weighted by Gasteiger charge is 2.44. The Morgan fingerprint density at radius 3 is 1.93 bits per heavy atom. The summed E-state index contributed by atoms with van der Waals surface area (Å²) in [6.45, 7) is 19.0. The van der Waals surface area contributed by atoms with Gasteiger partial charge in [0.05, 0.1) is 60.9 Å². The van der Waals surface area contributed by atoms with Crippen LogP contribution >= 0.6 is 0 Å². The number of Topliss-reactive ketones (excluding diaryl/α,β-unsaturated/α-hetero) is 1. The number of nitrogens with one attached hydrogen (secondary N) is 5. The number of ether oxygens (including phenoxy) is 3. The zero-order valence-electron chi connectivity index (χ0n) is 50.8. The van der Waals surface area contributed by atoms with E-state index in [0.29, 0.717) is 48.9 Å². The van der Waals surface area contributed by atoms with Crippen molar-refractivity contribution in [3.8, 4) is 0 Å². The molecular weight excluding hydrogens is 1040 g/mol. The van der Waals surface area contributed by atoms with Crippen molar-refractivity contribution in [1.82, 2.24) is 41.3 Å². The lowest BCUT2D eigenvalue weighted by Crippen LogP contribution is -2.60. The summed E-state index contributed by atoms with van der Waals surface area (Å²) in [6.07, 6.45) is -0.519. The summed E-state index contributed by atoms with van der Waals surface area (Å²) in [5.74, 6) is -3.65. The molecule has 0 radical (unpaired) electrons. The van der Waals surface area contributed by atoms with E-state index >= 15 is 0 Å². The monoisotopic (exact) mass is 1140 g/mol. The summed E-state index contributed by atoms with van der Waals surface area (Å²) in [4.78, 5) is 113. The maximum absolute atomic E-state index is 14.7. The highest BCUT2D eigenvalue weighted by atomic mass is 16.6. The Morgan fingerprint density at radius 1 is 0.765 bits per heavy atom. The van der Waals surface area contributed by atoms with Gasteiger partial charge >= 0.3 is 12.1 Å². The number of urea groups is 1. The van der Waals surface area contributed by atoms with Gasteiger partial charge in [0.25, 0.3) is 0 Å². The molecule has 0 spiro atoms. The van der Waals surface area contributed by atoms with Gasteiger partial charge in [0.2, 0.25) is 29.5 Å². The second kappa shape index (κ2) is 33.7. The fourth-order valence-corrected chi connectivity index (χ4v) is 10.9. The number of hydrogen-bond donors (Lipinski definition) is 7. The standard InChI is InChI=1S/C60H97N9O12/c1-16-38(8)52(47(79-14)33-48(71)69-31-21-25-45(69)54(80-15)39(9)55(73)64-40(10)53(72)43-22-18-17-19-23-43)67(12)58(76)50(36(4)5)66-57(75)51(37(6)7)68(13)60(78)81-34-42-28-26-41(27-29-42)32-46(70)44(24-20-30-63-59(61)77)65-56(74)49(62-11)35(2)3/h17-19,22-23,26-29,35-40,44-45,47,49-54,62,72H,16,20-21,24-25,30-34H2,1-15H3,(H,64,73)(H,65,74)(H,66,75)(H3,61,63,77)/t38-,39+,40+,44-,45-,47+,49-,50+,51-,52?,53+,54+/m1/s1. The van der Waals surface area contributed by atoms with E-state index in [0.717, 1.165) is 0 Å². The van der Waals surface area contributed by atoms with Crippen LogP contribution < -0.4 is 32.3 Å². The lowest BCUT2D eigenvalue weighted by molar-refractivity contribution is -0.148. The van der Waals surface area contributed by atoms with Crippen LogP contribution in [0.5, 0.6) is 0 Å². The highest BCUT2D eigenvalue weighted by molar-refractivity contribution is 5.93. The number of likely N-dealkylation sites (N-methyl/N-ethyl adjacent to an activating group) is 3. The number of carbonyl (C=O) groups excluding carboxylic acids is 8. The van der Waals surface area contributed by atoms with Crippen molar-refractivity contribution in [3.63, 3.8) is 0 Å². The summed E-state index contributed by atoms with van der Waals surface area (Å²) in [5.41, 5.74) is 7.17. The molecule has 0 saturated carbocycles. The molecule has 1 heterocycles. The third-order valence-corrected chi connectivity index (χ3v) is 15.8. The molecule has 81 heavy (non-hydrogen) atoms. The second-order valence-corrected chi connectivity index (χ2v) is 22.8. The number of carbonyl (C=O) groups is 8. The number of methoxy groups -OCH3 is 2. The number of hydrogen-bond acceptors (Lipinski definition) is 13. The normalized spacial score (nSPS) is 17.6. The molecule has 2 aromatic carbocycles. The van der Waals surface area contributed by atoms with Crippen LogP contribution in [0.1, 0.15) is 131 Å². The molecular formula is C60H97N9O12. The zero-order valence-corrected chi connectivity index (χ0v) is 50.8. The number of nitrogens with two attached hydrogens (primary N) is 1. The minimum absolute atomic E-state index is 0.0110. The first-order chi connectivity index (χ1) is 38.2. The van der Waals surface area contributed by atoms with Crippen LogP contribution in [-0.2, 0) is 56.0 Å². The largest absolute Gasteiger partial charge is 0.445 e. The number of amides is 8. The van der Waals surface area contributed by atoms with Crippen molar-refractivity contribution in [2.24, 2.45) is 35.3 Å². The van der Waals surface area contributed by atoms with Gasteiger partial charge in [0.15, 0.2) is 5.78 Å². The molecule has 1 aliphatic rings. The van der Waals surface area contributed by atoms with E-state index in [9.17, 15) is 43.5 Å². The van der Waals surface area contributed by atoms with Gasteiger partial charge in [0.1, 0.15) is 18.7 Å². The molecule has 3 rings (SSSR count). The molecule has 8 N–H and O–H groups in total. The minimum atomic E-state index is -1.04. The first-order valence-corrected chi connectivity index (χ1v) is 28.7. The Hall–Kier alpha value is -6.16. The molecule has 21 heteroatoms. The number of nitrogens with zero attached hydrogens (tertiary/aromatic N) is 3. The smallest absolute Gasteiger partial charge is 0.410 e. The molecule has 2 aromatic rings. The maximum Gasteiger partial charge on any atom is 0.410 e. The Kier molecular flexibility index (Phi) is 28.7. The molecule has 0 aliphatic carbocycles. The van der Waals surface area contributed by atoms with Crippen LogP contribution in [-0.4, -0.2) is 170 Å². The summed E-state index contributed by atoms with van der Waals surface area (Å²) in [6, 6.07) is 10.3. The summed E-state index contributed by atoms with van der Waals surface area (Å²) < 4.78 is 17.7. The van der Waals surface area contributed by atoms with Crippen molar-refractivity contribution in [1.29, 1.82) is 0 Å². The van der Waals surface area contributed by atoms with E-state index in [1.165, 1.54) is 26.2 Å². The minimum Gasteiger partial charge on any atom is -0.445 e. The molecule has 0 bridgehead atoms. The number of aliphatic hydroxyl groups excluding tert-OH is 1. The van der Waals surface area contributed by atoms with E-state index < -0.39 is 102 Å². The Labute approximate surface area is 481 Å². The predicted molar refractivity (Wildman–Crippen MR) is 310 cm³/mol. The molecule has 0 aromatic heterocycles. The predicted octanol–water partition coefficient (Wildman–Crippen LogP) is 4.87. The second-order valence-electron chi connectivity index (χ2n) is 22.8. The molecule has 1 saturated heterocycles. The lowest BCUT2D eigenvalue weighted by Gasteiger charge is -2.41. The van der Waals surface area contributed by atoms with Gasteiger partial charge in [0, 0.05) is 47.8 Å². The van der Waals surface area contributed by atoms with Gasteiger partial charge in [-0.2, -0.15) is 0 Å². The van der Waals surface area contributed by atoms with Crippen molar-refractivity contribution in [3.05, 3.63) is 71.3 Å². The van der Waals surface area contributed by atoms with Gasteiger partial charge in [-0.05, 0) is 80.0 Å². The number of primary amides is 1. The lowest BCUT2D eigenvalue weighted by atomic mass is 9.89. The Bertz CT molecular complexity index is 2340. The van der Waals surface area contributed by atoms with Crippen molar-refractivity contribution in [2.45, 2.75) is 181 Å². The van der Waals surface area contributed by atoms with E-state index in [4.69, 9.17) is 19.9 Å². The number of aliphatic hydroxyl groups is 1. The number of benzene rings is 2. The van der Waals surface area contributed by atoms with Gasteiger partial charge in [-0.3, -0.25) is 33.7 Å². The summed E-state index contributed by atoms with van der Waals surface area (Å²) in [7, 11) is 7.83. The van der Waals surface area contributed by atoms with Crippen LogP contribution in [0, 0.1) is 29.6 Å².